The van der Waals surface area contributed by atoms with Crippen LogP contribution >= 0.6 is 0 Å². The lowest BCUT2D eigenvalue weighted by Gasteiger charge is -2.31. The molecule has 0 radical (unpaired) electrons. The number of methoxy groups -OCH3 is 1. The molecule has 1 aromatic rings. The van der Waals surface area contributed by atoms with E-state index >= 15 is 0 Å². The van der Waals surface area contributed by atoms with Crippen LogP contribution in [-0.2, 0) is 9.53 Å². The maximum Gasteiger partial charge on any atom is 0.271 e. The molecule has 1 aliphatic rings. The van der Waals surface area contributed by atoms with Crippen molar-refractivity contribution < 1.29 is 19.2 Å². The van der Waals surface area contributed by atoms with E-state index in [-0.39, 0.29) is 24.2 Å². The van der Waals surface area contributed by atoms with E-state index < -0.39 is 4.92 Å². The molecule has 0 unspecified atom stereocenters. The van der Waals surface area contributed by atoms with Crippen LogP contribution in [0.5, 0.6) is 5.75 Å². The fourth-order valence-electron chi connectivity index (χ4n) is 2.28. The van der Waals surface area contributed by atoms with Crippen molar-refractivity contribution in [3.05, 3.63) is 28.3 Å². The van der Waals surface area contributed by atoms with Gasteiger partial charge in [0.2, 0.25) is 5.91 Å². The Bertz CT molecular complexity index is 563. The molecule has 0 spiro atoms. The molecular formula is C14H19N3O5. The van der Waals surface area contributed by atoms with E-state index in [1.54, 1.807) is 4.90 Å². The molecular weight excluding hydrogens is 290 g/mol. The Hall–Kier alpha value is -2.35. The smallest absolute Gasteiger partial charge is 0.271 e. The summed E-state index contributed by atoms with van der Waals surface area (Å²) in [7, 11) is 1.47. The molecule has 1 aromatic carbocycles. The molecule has 0 saturated carbocycles. The van der Waals surface area contributed by atoms with E-state index in [1.807, 2.05) is 6.92 Å². The average molecular weight is 309 g/mol. The van der Waals surface area contributed by atoms with Crippen LogP contribution in [0.3, 0.4) is 0 Å². The number of anilines is 1. The third kappa shape index (κ3) is 3.85. The van der Waals surface area contributed by atoms with Gasteiger partial charge < -0.3 is 19.7 Å². The molecule has 120 valence electrons. The van der Waals surface area contributed by atoms with Crippen molar-refractivity contribution in [3.63, 3.8) is 0 Å². The molecule has 8 heteroatoms. The first-order valence-electron chi connectivity index (χ1n) is 6.97. The highest BCUT2D eigenvalue weighted by molar-refractivity contribution is 5.81. The summed E-state index contributed by atoms with van der Waals surface area (Å²) in [6.07, 6.45) is 0.0186. The van der Waals surface area contributed by atoms with Gasteiger partial charge in [-0.1, -0.05) is 0 Å². The number of hydrogen-bond acceptors (Lipinski definition) is 6. The van der Waals surface area contributed by atoms with Gasteiger partial charge in [0.15, 0.2) is 0 Å². The van der Waals surface area contributed by atoms with Crippen LogP contribution in [0, 0.1) is 10.1 Å². The van der Waals surface area contributed by atoms with Gasteiger partial charge in [-0.3, -0.25) is 14.9 Å². The summed E-state index contributed by atoms with van der Waals surface area (Å²) in [6, 6.07) is 4.21. The van der Waals surface area contributed by atoms with Crippen molar-refractivity contribution >= 4 is 17.3 Å². The summed E-state index contributed by atoms with van der Waals surface area (Å²) in [5.74, 6) is 0.373. The number of carbonyl (C=O) groups is 1. The van der Waals surface area contributed by atoms with E-state index in [0.717, 1.165) is 0 Å². The Morgan fingerprint density at radius 2 is 2.36 bits per heavy atom. The van der Waals surface area contributed by atoms with Crippen molar-refractivity contribution in [2.24, 2.45) is 0 Å². The number of hydrogen-bond donors (Lipinski definition) is 1. The largest absolute Gasteiger partial charge is 0.495 e. The van der Waals surface area contributed by atoms with Crippen molar-refractivity contribution in [1.29, 1.82) is 0 Å². The third-order valence-electron chi connectivity index (χ3n) is 3.42. The topological polar surface area (TPSA) is 93.9 Å². The van der Waals surface area contributed by atoms with Gasteiger partial charge in [0, 0.05) is 25.2 Å². The quantitative estimate of drug-likeness (QED) is 0.650. The first kappa shape index (κ1) is 16.0. The lowest BCUT2D eigenvalue weighted by atomic mass is 10.2. The third-order valence-corrected chi connectivity index (χ3v) is 3.42. The van der Waals surface area contributed by atoms with Crippen LogP contribution in [0.4, 0.5) is 11.4 Å². The second kappa shape index (κ2) is 7.08. The van der Waals surface area contributed by atoms with Crippen molar-refractivity contribution in [1.82, 2.24) is 4.90 Å². The van der Waals surface area contributed by atoms with Crippen molar-refractivity contribution in [2.45, 2.75) is 13.0 Å². The summed E-state index contributed by atoms with van der Waals surface area (Å²) in [4.78, 5) is 24.2. The first-order chi connectivity index (χ1) is 10.5. The zero-order valence-electron chi connectivity index (χ0n) is 12.6. The van der Waals surface area contributed by atoms with E-state index in [0.29, 0.717) is 31.1 Å². The maximum atomic E-state index is 12.2. The lowest BCUT2D eigenvalue weighted by Crippen LogP contribution is -2.46. The van der Waals surface area contributed by atoms with Gasteiger partial charge in [0.1, 0.15) is 5.75 Å². The van der Waals surface area contributed by atoms with Gasteiger partial charge >= 0.3 is 0 Å². The van der Waals surface area contributed by atoms with Gasteiger partial charge in [-0.25, -0.2) is 0 Å². The minimum Gasteiger partial charge on any atom is -0.495 e. The summed E-state index contributed by atoms with van der Waals surface area (Å²) >= 11 is 0. The number of non-ortho nitro benzene ring substituents is 1. The molecule has 1 N–H and O–H groups in total. The molecule has 1 amide bonds. The lowest BCUT2D eigenvalue weighted by molar-refractivity contribution is -0.384. The van der Waals surface area contributed by atoms with Gasteiger partial charge in [-0.15, -0.1) is 0 Å². The molecule has 0 aliphatic carbocycles. The second-order valence-electron chi connectivity index (χ2n) is 5.02. The van der Waals surface area contributed by atoms with Crippen LogP contribution in [0.25, 0.3) is 0 Å². The molecule has 1 heterocycles. The Morgan fingerprint density at radius 1 is 1.59 bits per heavy atom. The molecule has 2 rings (SSSR count). The monoisotopic (exact) mass is 309 g/mol. The van der Waals surface area contributed by atoms with Crippen molar-refractivity contribution in [2.75, 3.05) is 38.7 Å². The second-order valence-corrected chi connectivity index (χ2v) is 5.02. The minimum absolute atomic E-state index is 0.0186. The Balaban J connectivity index is 2.02. The van der Waals surface area contributed by atoms with Crippen LogP contribution in [0.1, 0.15) is 6.92 Å². The van der Waals surface area contributed by atoms with E-state index in [2.05, 4.69) is 5.32 Å². The van der Waals surface area contributed by atoms with Gasteiger partial charge in [-0.05, 0) is 13.0 Å². The number of nitrogens with zero attached hydrogens (tertiary/aromatic N) is 2. The molecule has 22 heavy (non-hydrogen) atoms. The zero-order valence-corrected chi connectivity index (χ0v) is 12.6. The Morgan fingerprint density at radius 3 is 3.00 bits per heavy atom. The summed E-state index contributed by atoms with van der Waals surface area (Å²) in [5.41, 5.74) is 0.363. The van der Waals surface area contributed by atoms with Crippen LogP contribution in [0.2, 0.25) is 0 Å². The van der Waals surface area contributed by atoms with Crippen molar-refractivity contribution in [3.8, 4) is 5.75 Å². The summed E-state index contributed by atoms with van der Waals surface area (Å²) in [5, 5.41) is 13.7. The first-order valence-corrected chi connectivity index (χ1v) is 6.97. The highest BCUT2D eigenvalue weighted by Gasteiger charge is 2.21. The molecule has 0 aromatic heterocycles. The van der Waals surface area contributed by atoms with Gasteiger partial charge in [-0.2, -0.15) is 0 Å². The number of ether oxygens (including phenoxy) is 2. The number of rotatable bonds is 5. The van der Waals surface area contributed by atoms with Crippen LogP contribution < -0.4 is 10.1 Å². The summed E-state index contributed by atoms with van der Waals surface area (Å²) < 4.78 is 10.5. The number of nitro benzene ring substituents is 1. The molecule has 1 atom stereocenters. The Kier molecular flexibility index (Phi) is 5.16. The van der Waals surface area contributed by atoms with Crippen LogP contribution in [0.15, 0.2) is 18.2 Å². The predicted molar refractivity (Wildman–Crippen MR) is 80.1 cm³/mol. The number of morpholine rings is 1. The predicted octanol–water partition coefficient (Wildman–Crippen LogP) is 1.26. The molecule has 0 bridgehead atoms. The standard InChI is InChI=1S/C14H19N3O5/c1-10-9-16(5-6-22-10)14(18)8-15-12-7-11(17(19)20)3-4-13(12)21-2/h3-4,7,10,15H,5-6,8-9H2,1-2H3/t10-/m0/s1. The fraction of sp³-hybridized carbons (Fsp3) is 0.500. The minimum atomic E-state index is -0.490. The molecule has 1 saturated heterocycles. The number of nitro groups is 1. The summed E-state index contributed by atoms with van der Waals surface area (Å²) in [6.45, 7) is 3.58. The molecule has 1 aliphatic heterocycles. The zero-order chi connectivity index (χ0) is 16.1. The fourth-order valence-corrected chi connectivity index (χ4v) is 2.28. The van der Waals surface area contributed by atoms with E-state index in [9.17, 15) is 14.9 Å². The van der Waals surface area contributed by atoms with Gasteiger partial charge in [0.25, 0.3) is 5.69 Å². The number of nitrogens with one attached hydrogen (secondary N) is 1. The SMILES string of the molecule is COc1ccc([N+](=O)[O-])cc1NCC(=O)N1CCO[C@@H](C)C1. The highest BCUT2D eigenvalue weighted by atomic mass is 16.6. The Labute approximate surface area is 128 Å². The normalized spacial score (nSPS) is 17.9. The number of carbonyl (C=O) groups excluding carboxylic acids is 1. The average Bonchev–Trinajstić information content (AvgIpc) is 2.52. The van der Waals surface area contributed by atoms with E-state index in [1.165, 1.54) is 25.3 Å². The van der Waals surface area contributed by atoms with E-state index in [4.69, 9.17) is 9.47 Å². The number of benzene rings is 1. The van der Waals surface area contributed by atoms with Crippen LogP contribution in [-0.4, -0.2) is 55.2 Å². The van der Waals surface area contributed by atoms with Gasteiger partial charge in [0.05, 0.1) is 37.0 Å². The highest BCUT2D eigenvalue weighted by Crippen LogP contribution is 2.28. The number of amides is 1. The molecule has 1 fully saturated rings. The maximum absolute atomic E-state index is 12.2. The molecule has 8 nitrogen and oxygen atoms in total.